The molecule has 1 amide bonds. The Morgan fingerprint density at radius 2 is 1.84 bits per heavy atom. The minimum absolute atomic E-state index is 0. The van der Waals surface area contributed by atoms with E-state index in [0.29, 0.717) is 6.04 Å². The molecule has 2 aliphatic heterocycles. The van der Waals surface area contributed by atoms with Gasteiger partial charge >= 0.3 is 0 Å². The second-order valence-corrected chi connectivity index (χ2v) is 5.32. The molecule has 0 aromatic heterocycles. The first kappa shape index (κ1) is 19.0. The number of rotatable bonds is 3. The Hall–Kier alpha value is -0.0300. The molecule has 2 saturated heterocycles. The molecule has 0 aliphatic carbocycles. The lowest BCUT2D eigenvalue weighted by atomic mass is 10.2. The van der Waals surface area contributed by atoms with Crippen LogP contribution in [0.4, 0.5) is 0 Å². The van der Waals surface area contributed by atoms with Crippen LogP contribution in [0.2, 0.25) is 0 Å². The van der Waals surface area contributed by atoms with Gasteiger partial charge in [-0.05, 0) is 45.8 Å². The summed E-state index contributed by atoms with van der Waals surface area (Å²) in [7, 11) is 0. The maximum absolute atomic E-state index is 12.1. The normalized spacial score (nSPS) is 25.6. The van der Waals surface area contributed by atoms with Crippen molar-refractivity contribution in [2.24, 2.45) is 0 Å². The van der Waals surface area contributed by atoms with E-state index in [4.69, 9.17) is 0 Å². The minimum atomic E-state index is 0. The number of halogens is 2. The molecule has 0 bridgehead atoms. The Kier molecular flexibility index (Phi) is 9.79. The molecule has 6 heteroatoms. The maximum atomic E-state index is 12.1. The van der Waals surface area contributed by atoms with Gasteiger partial charge in [-0.1, -0.05) is 12.8 Å². The SMILES string of the molecule is CC(C(=O)NC1CCNC1)N1CCCCCC1.Cl.Cl. The summed E-state index contributed by atoms with van der Waals surface area (Å²) in [6, 6.07) is 0.380. The van der Waals surface area contributed by atoms with Gasteiger partial charge in [0.25, 0.3) is 0 Å². The van der Waals surface area contributed by atoms with E-state index in [1.54, 1.807) is 0 Å². The molecule has 114 valence electrons. The van der Waals surface area contributed by atoms with Crippen molar-refractivity contribution in [3.05, 3.63) is 0 Å². The summed E-state index contributed by atoms with van der Waals surface area (Å²) in [5, 5.41) is 6.43. The Bertz CT molecular complexity index is 252. The quantitative estimate of drug-likeness (QED) is 0.831. The smallest absolute Gasteiger partial charge is 0.237 e. The Morgan fingerprint density at radius 1 is 1.21 bits per heavy atom. The summed E-state index contributed by atoms with van der Waals surface area (Å²) < 4.78 is 0. The first-order valence-corrected chi connectivity index (χ1v) is 7.02. The first-order valence-electron chi connectivity index (χ1n) is 7.02. The highest BCUT2D eigenvalue weighted by Crippen LogP contribution is 2.12. The van der Waals surface area contributed by atoms with E-state index in [9.17, 15) is 4.79 Å². The second kappa shape index (κ2) is 9.81. The van der Waals surface area contributed by atoms with Crippen molar-refractivity contribution in [3.63, 3.8) is 0 Å². The number of hydrogen-bond acceptors (Lipinski definition) is 3. The highest BCUT2D eigenvalue weighted by atomic mass is 35.5. The van der Waals surface area contributed by atoms with E-state index in [1.807, 2.05) is 6.92 Å². The van der Waals surface area contributed by atoms with Crippen molar-refractivity contribution < 1.29 is 4.79 Å². The molecule has 2 fully saturated rings. The summed E-state index contributed by atoms with van der Waals surface area (Å²) in [6.07, 6.45) is 6.18. The molecule has 4 nitrogen and oxygen atoms in total. The van der Waals surface area contributed by atoms with E-state index in [-0.39, 0.29) is 36.8 Å². The highest BCUT2D eigenvalue weighted by Gasteiger charge is 2.25. The van der Waals surface area contributed by atoms with E-state index >= 15 is 0 Å². The fourth-order valence-electron chi connectivity index (χ4n) is 2.75. The van der Waals surface area contributed by atoms with Gasteiger partial charge in [-0.25, -0.2) is 0 Å². The van der Waals surface area contributed by atoms with Crippen LogP contribution in [0.25, 0.3) is 0 Å². The predicted octanol–water partition coefficient (Wildman–Crippen LogP) is 1.57. The Labute approximate surface area is 128 Å². The van der Waals surface area contributed by atoms with Gasteiger partial charge in [-0.3, -0.25) is 9.69 Å². The number of amides is 1. The lowest BCUT2D eigenvalue weighted by Gasteiger charge is -2.27. The molecule has 0 spiro atoms. The summed E-state index contributed by atoms with van der Waals surface area (Å²) in [5.41, 5.74) is 0. The maximum Gasteiger partial charge on any atom is 0.237 e. The number of likely N-dealkylation sites (tertiary alicyclic amines) is 1. The predicted molar refractivity (Wildman–Crippen MR) is 83.4 cm³/mol. The van der Waals surface area contributed by atoms with Crippen molar-refractivity contribution in [1.29, 1.82) is 0 Å². The monoisotopic (exact) mass is 311 g/mol. The average Bonchev–Trinajstić information content (AvgIpc) is 2.68. The van der Waals surface area contributed by atoms with Crippen molar-refractivity contribution in [2.45, 2.75) is 51.1 Å². The van der Waals surface area contributed by atoms with Crippen LogP contribution in [-0.4, -0.2) is 49.1 Å². The summed E-state index contributed by atoms with van der Waals surface area (Å²) >= 11 is 0. The molecular formula is C13H27Cl2N3O. The molecule has 2 rings (SSSR count). The second-order valence-electron chi connectivity index (χ2n) is 5.32. The molecule has 2 aliphatic rings. The molecule has 0 saturated carbocycles. The van der Waals surface area contributed by atoms with Crippen LogP contribution in [0, 0.1) is 0 Å². The van der Waals surface area contributed by atoms with Crippen LogP contribution in [-0.2, 0) is 4.79 Å². The third kappa shape index (κ3) is 5.86. The van der Waals surface area contributed by atoms with Gasteiger partial charge in [0.05, 0.1) is 6.04 Å². The lowest BCUT2D eigenvalue weighted by Crippen LogP contribution is -2.49. The van der Waals surface area contributed by atoms with Gasteiger partial charge in [0.2, 0.25) is 5.91 Å². The van der Waals surface area contributed by atoms with Crippen molar-refractivity contribution >= 4 is 30.7 Å². The molecule has 2 N–H and O–H groups in total. The van der Waals surface area contributed by atoms with Crippen LogP contribution in [0.1, 0.15) is 39.0 Å². The van der Waals surface area contributed by atoms with Gasteiger partial charge in [0.1, 0.15) is 0 Å². The molecule has 2 atom stereocenters. The van der Waals surface area contributed by atoms with Gasteiger partial charge in [0.15, 0.2) is 0 Å². The molecule has 0 aromatic rings. The Balaban J connectivity index is 0.00000162. The number of carbonyl (C=O) groups excluding carboxylic acids is 1. The van der Waals surface area contributed by atoms with Crippen LogP contribution < -0.4 is 10.6 Å². The van der Waals surface area contributed by atoms with Crippen molar-refractivity contribution in [2.75, 3.05) is 26.2 Å². The fraction of sp³-hybridized carbons (Fsp3) is 0.923. The molecule has 0 radical (unpaired) electrons. The van der Waals surface area contributed by atoms with Crippen molar-refractivity contribution in [3.8, 4) is 0 Å². The van der Waals surface area contributed by atoms with Gasteiger partial charge in [-0.15, -0.1) is 24.8 Å². The molecule has 0 aromatic carbocycles. The molecule has 2 unspecified atom stereocenters. The minimum Gasteiger partial charge on any atom is -0.351 e. The average molecular weight is 312 g/mol. The number of hydrogen-bond donors (Lipinski definition) is 2. The zero-order valence-corrected chi connectivity index (χ0v) is 13.3. The molecular weight excluding hydrogens is 285 g/mol. The third-order valence-electron chi connectivity index (χ3n) is 3.97. The highest BCUT2D eigenvalue weighted by molar-refractivity contribution is 5.85. The van der Waals surface area contributed by atoms with Crippen LogP contribution in [0.15, 0.2) is 0 Å². The molecule has 19 heavy (non-hydrogen) atoms. The number of nitrogens with zero attached hydrogens (tertiary/aromatic N) is 1. The summed E-state index contributed by atoms with van der Waals surface area (Å²) in [4.78, 5) is 14.5. The number of carbonyl (C=O) groups is 1. The Morgan fingerprint density at radius 3 is 2.37 bits per heavy atom. The summed E-state index contributed by atoms with van der Waals surface area (Å²) in [6.45, 7) is 6.17. The van der Waals surface area contributed by atoms with Gasteiger partial charge in [0, 0.05) is 12.6 Å². The van der Waals surface area contributed by atoms with E-state index in [1.165, 1.54) is 25.7 Å². The first-order chi connectivity index (χ1) is 8.27. The van der Waals surface area contributed by atoms with Crippen molar-refractivity contribution in [1.82, 2.24) is 15.5 Å². The van der Waals surface area contributed by atoms with Gasteiger partial charge in [-0.2, -0.15) is 0 Å². The lowest BCUT2D eigenvalue weighted by molar-refractivity contribution is -0.126. The topological polar surface area (TPSA) is 44.4 Å². The zero-order chi connectivity index (χ0) is 12.1. The zero-order valence-electron chi connectivity index (χ0n) is 11.7. The third-order valence-corrected chi connectivity index (χ3v) is 3.97. The number of nitrogens with one attached hydrogen (secondary N) is 2. The molecule has 2 heterocycles. The van der Waals surface area contributed by atoms with E-state index in [0.717, 1.165) is 32.6 Å². The van der Waals surface area contributed by atoms with Crippen LogP contribution in [0.5, 0.6) is 0 Å². The van der Waals surface area contributed by atoms with E-state index < -0.39 is 0 Å². The fourth-order valence-corrected chi connectivity index (χ4v) is 2.75. The van der Waals surface area contributed by atoms with Gasteiger partial charge < -0.3 is 10.6 Å². The largest absolute Gasteiger partial charge is 0.351 e. The van der Waals surface area contributed by atoms with E-state index in [2.05, 4.69) is 15.5 Å². The standard InChI is InChI=1S/C13H25N3O.2ClH/c1-11(16-8-4-2-3-5-9-16)13(17)15-12-6-7-14-10-12;;/h11-12,14H,2-10H2,1H3,(H,15,17);2*1H. The van der Waals surface area contributed by atoms with Crippen LogP contribution >= 0.6 is 24.8 Å². The van der Waals surface area contributed by atoms with Crippen LogP contribution in [0.3, 0.4) is 0 Å². The summed E-state index contributed by atoms with van der Waals surface area (Å²) in [5.74, 6) is 0.209.